The molecule has 6 rings (SSSR count). The van der Waals surface area contributed by atoms with E-state index < -0.39 is 0 Å². The van der Waals surface area contributed by atoms with Gasteiger partial charge < -0.3 is 15.7 Å². The molecule has 0 atom stereocenters. The van der Waals surface area contributed by atoms with Gasteiger partial charge in [0.15, 0.2) is 17.0 Å². The summed E-state index contributed by atoms with van der Waals surface area (Å²) in [4.78, 5) is 18.6. The number of imidazole rings is 1. The summed E-state index contributed by atoms with van der Waals surface area (Å²) in [6.45, 7) is 0.649. The van der Waals surface area contributed by atoms with Crippen LogP contribution in [0.3, 0.4) is 0 Å². The Hall–Kier alpha value is -4.98. The molecule has 0 amide bonds. The van der Waals surface area contributed by atoms with Gasteiger partial charge >= 0.3 is 0 Å². The fourth-order valence-electron chi connectivity index (χ4n) is 4.13. The van der Waals surface area contributed by atoms with Crippen LogP contribution in [-0.2, 0) is 6.42 Å². The number of nitrogens with one attached hydrogen (secondary N) is 2. The largest absolute Gasteiger partial charge is 0.508 e. The molecule has 0 radical (unpaired) electrons. The van der Waals surface area contributed by atoms with Crippen LogP contribution in [0.2, 0.25) is 0 Å². The Labute approximate surface area is 207 Å². The van der Waals surface area contributed by atoms with Crippen LogP contribution < -0.4 is 10.6 Å². The highest BCUT2D eigenvalue weighted by atomic mass is 16.3. The van der Waals surface area contributed by atoms with E-state index in [1.54, 1.807) is 24.7 Å². The summed E-state index contributed by atoms with van der Waals surface area (Å²) in [6, 6.07) is 27.1. The third kappa shape index (κ3) is 4.39. The summed E-state index contributed by atoms with van der Waals surface area (Å²) in [6.07, 6.45) is 4.32. The fraction of sp³-hybridized carbons (Fsp3) is 0.0714. The number of phenols is 1. The van der Waals surface area contributed by atoms with Crippen molar-refractivity contribution >= 4 is 39.5 Å². The molecular weight excluding hydrogens is 450 g/mol. The fourth-order valence-corrected chi connectivity index (χ4v) is 4.13. The van der Waals surface area contributed by atoms with E-state index in [0.29, 0.717) is 29.5 Å². The zero-order chi connectivity index (χ0) is 24.3. The molecule has 3 aromatic carbocycles. The van der Waals surface area contributed by atoms with Gasteiger partial charge in [0.2, 0.25) is 5.95 Å². The first kappa shape index (κ1) is 21.5. The van der Waals surface area contributed by atoms with Gasteiger partial charge in [0.25, 0.3) is 0 Å². The Kier molecular flexibility index (Phi) is 5.59. The van der Waals surface area contributed by atoms with Crippen molar-refractivity contribution in [3.63, 3.8) is 0 Å². The number of rotatable bonds is 7. The number of hydrogen-bond acceptors (Lipinski definition) is 7. The lowest BCUT2D eigenvalue weighted by atomic mass is 10.1. The van der Waals surface area contributed by atoms with Crippen LogP contribution in [0, 0.1) is 0 Å². The van der Waals surface area contributed by atoms with E-state index >= 15 is 0 Å². The molecule has 6 aromatic rings. The zero-order valence-corrected chi connectivity index (χ0v) is 19.3. The molecule has 176 valence electrons. The molecule has 0 saturated carbocycles. The van der Waals surface area contributed by atoms with Crippen molar-refractivity contribution in [1.29, 1.82) is 0 Å². The first-order valence-corrected chi connectivity index (χ1v) is 11.7. The van der Waals surface area contributed by atoms with E-state index in [4.69, 9.17) is 9.97 Å². The lowest BCUT2D eigenvalue weighted by molar-refractivity contribution is 0.475. The SMILES string of the molecule is Oc1ccc(CCNc2nc(Nc3ccc4ncccc4c3)nc3c2ncn3-c2ccccc2)cc1. The number of aromatic nitrogens is 5. The Morgan fingerprint density at radius 1 is 0.833 bits per heavy atom. The molecule has 0 fully saturated rings. The van der Waals surface area contributed by atoms with E-state index in [2.05, 4.69) is 20.6 Å². The topological polar surface area (TPSA) is 101 Å². The highest BCUT2D eigenvalue weighted by Gasteiger charge is 2.15. The van der Waals surface area contributed by atoms with Gasteiger partial charge in [-0.1, -0.05) is 36.4 Å². The molecular formula is C28H23N7O. The summed E-state index contributed by atoms with van der Waals surface area (Å²) in [5, 5.41) is 17.3. The molecule has 8 heteroatoms. The van der Waals surface area contributed by atoms with Crippen molar-refractivity contribution in [3.05, 3.63) is 103 Å². The molecule has 0 aliphatic carbocycles. The molecule has 0 bridgehead atoms. The summed E-state index contributed by atoms with van der Waals surface area (Å²) in [5.41, 5.74) is 5.28. The first-order valence-electron chi connectivity index (χ1n) is 11.7. The van der Waals surface area contributed by atoms with Crippen molar-refractivity contribution in [3.8, 4) is 11.4 Å². The predicted molar refractivity (Wildman–Crippen MR) is 142 cm³/mol. The maximum atomic E-state index is 9.53. The van der Waals surface area contributed by atoms with E-state index in [1.165, 1.54) is 0 Å². The van der Waals surface area contributed by atoms with Crippen LogP contribution in [0.5, 0.6) is 5.75 Å². The molecule has 0 aliphatic rings. The second-order valence-corrected chi connectivity index (χ2v) is 8.40. The minimum Gasteiger partial charge on any atom is -0.508 e. The van der Waals surface area contributed by atoms with Gasteiger partial charge in [0.05, 0.1) is 5.52 Å². The second kappa shape index (κ2) is 9.34. The highest BCUT2D eigenvalue weighted by molar-refractivity contribution is 5.87. The smallest absolute Gasteiger partial charge is 0.231 e. The first-order chi connectivity index (χ1) is 17.7. The molecule has 0 saturated heterocycles. The molecule has 0 spiro atoms. The third-order valence-corrected chi connectivity index (χ3v) is 5.93. The van der Waals surface area contributed by atoms with Crippen molar-refractivity contribution < 1.29 is 5.11 Å². The minimum absolute atomic E-state index is 0.260. The van der Waals surface area contributed by atoms with Crippen LogP contribution in [0.4, 0.5) is 17.5 Å². The van der Waals surface area contributed by atoms with E-state index in [0.717, 1.165) is 34.3 Å². The van der Waals surface area contributed by atoms with Gasteiger partial charge in [-0.25, -0.2) is 4.98 Å². The van der Waals surface area contributed by atoms with Crippen LogP contribution >= 0.6 is 0 Å². The standard InChI is InChI=1S/C28H23N7O/c36-23-11-8-19(9-12-23)14-16-30-26-25-27(35(18-31-25)22-6-2-1-3-7-22)34-28(33-26)32-21-10-13-24-20(17-21)5-4-15-29-24/h1-13,15,17-18,36H,14,16H2,(H2,30,32,33,34). The van der Waals surface area contributed by atoms with Gasteiger partial charge in [-0.05, 0) is 60.5 Å². The van der Waals surface area contributed by atoms with E-state index in [9.17, 15) is 5.11 Å². The average Bonchev–Trinajstić information content (AvgIpc) is 3.34. The van der Waals surface area contributed by atoms with Crippen LogP contribution in [0.15, 0.2) is 97.5 Å². The van der Waals surface area contributed by atoms with Crippen molar-refractivity contribution in [2.24, 2.45) is 0 Å². The number of phenolic OH excluding ortho intramolecular Hbond substituents is 1. The van der Waals surface area contributed by atoms with Gasteiger partial charge in [0.1, 0.15) is 12.1 Å². The number of fused-ring (bicyclic) bond motifs is 2. The Bertz CT molecular complexity index is 1650. The Balaban J connectivity index is 1.35. The van der Waals surface area contributed by atoms with E-state index in [-0.39, 0.29) is 5.75 Å². The molecule has 36 heavy (non-hydrogen) atoms. The Morgan fingerprint density at radius 2 is 1.69 bits per heavy atom. The minimum atomic E-state index is 0.260. The van der Waals surface area contributed by atoms with Gasteiger partial charge in [0, 0.05) is 29.5 Å². The summed E-state index contributed by atoms with van der Waals surface area (Å²) in [5.74, 6) is 1.38. The van der Waals surface area contributed by atoms with Crippen molar-refractivity contribution in [1.82, 2.24) is 24.5 Å². The normalized spacial score (nSPS) is 11.1. The number of aromatic hydroxyl groups is 1. The zero-order valence-electron chi connectivity index (χ0n) is 19.3. The lowest BCUT2D eigenvalue weighted by Gasteiger charge is -2.11. The summed E-state index contributed by atoms with van der Waals surface area (Å²) < 4.78 is 1.96. The maximum Gasteiger partial charge on any atom is 0.231 e. The van der Waals surface area contributed by atoms with Crippen molar-refractivity contribution in [2.75, 3.05) is 17.2 Å². The Morgan fingerprint density at radius 3 is 2.56 bits per heavy atom. The van der Waals surface area contributed by atoms with Gasteiger partial charge in [-0.2, -0.15) is 9.97 Å². The van der Waals surface area contributed by atoms with Crippen molar-refractivity contribution in [2.45, 2.75) is 6.42 Å². The van der Waals surface area contributed by atoms with Gasteiger partial charge in [-0.3, -0.25) is 9.55 Å². The molecule has 3 heterocycles. The van der Waals surface area contributed by atoms with Crippen LogP contribution in [-0.4, -0.2) is 36.2 Å². The number of pyridine rings is 1. The second-order valence-electron chi connectivity index (χ2n) is 8.40. The quantitative estimate of drug-likeness (QED) is 0.283. The molecule has 0 unspecified atom stereocenters. The highest BCUT2D eigenvalue weighted by Crippen LogP contribution is 2.26. The number of anilines is 3. The maximum absolute atomic E-state index is 9.53. The number of benzene rings is 3. The monoisotopic (exact) mass is 473 g/mol. The third-order valence-electron chi connectivity index (χ3n) is 5.93. The number of nitrogens with zero attached hydrogens (tertiary/aromatic N) is 5. The summed E-state index contributed by atoms with van der Waals surface area (Å²) >= 11 is 0. The molecule has 0 aliphatic heterocycles. The predicted octanol–water partition coefficient (Wildman–Crippen LogP) is 5.47. The number of para-hydroxylation sites is 1. The molecule has 3 aromatic heterocycles. The average molecular weight is 474 g/mol. The molecule has 3 N–H and O–H groups in total. The summed E-state index contributed by atoms with van der Waals surface area (Å²) in [7, 11) is 0. The molecule has 8 nitrogen and oxygen atoms in total. The van der Waals surface area contributed by atoms with Gasteiger partial charge in [-0.15, -0.1) is 0 Å². The van der Waals surface area contributed by atoms with Crippen LogP contribution in [0.1, 0.15) is 5.56 Å². The van der Waals surface area contributed by atoms with E-state index in [1.807, 2.05) is 77.4 Å². The lowest BCUT2D eigenvalue weighted by Crippen LogP contribution is -2.09. The number of hydrogen-bond donors (Lipinski definition) is 3. The van der Waals surface area contributed by atoms with Crippen LogP contribution in [0.25, 0.3) is 27.8 Å².